The molecule has 0 saturated heterocycles. The third kappa shape index (κ3) is 2.27. The van der Waals surface area contributed by atoms with E-state index in [-0.39, 0.29) is 0 Å². The Morgan fingerprint density at radius 3 is 2.94 bits per heavy atom. The molecule has 4 heteroatoms. The van der Waals surface area contributed by atoms with Crippen LogP contribution in [0.2, 0.25) is 0 Å². The average molecular weight is 280 g/mol. The minimum atomic E-state index is 0.786. The largest absolute Gasteiger partial charge is 0.379 e. The van der Waals surface area contributed by atoms with Gasteiger partial charge >= 0.3 is 0 Å². The monoisotopic (exact) mass is 279 g/mol. The van der Waals surface area contributed by atoms with Gasteiger partial charge in [-0.1, -0.05) is 22.0 Å². The van der Waals surface area contributed by atoms with Crippen LogP contribution in [0.4, 0.5) is 5.69 Å². The molecule has 0 aliphatic heterocycles. The molecule has 0 atom stereocenters. The number of halogens is 1. The Bertz CT molecular complexity index is 491. The molecule has 2 aromatic rings. The zero-order valence-corrected chi connectivity index (χ0v) is 11.0. The number of rotatable bonds is 3. The van der Waals surface area contributed by atoms with E-state index < -0.39 is 0 Å². The summed E-state index contributed by atoms with van der Waals surface area (Å²) in [7, 11) is 2.00. The van der Waals surface area contributed by atoms with Crippen molar-refractivity contribution in [3.8, 4) is 0 Å². The third-order valence-electron chi connectivity index (χ3n) is 2.64. The van der Waals surface area contributed by atoms with Crippen molar-refractivity contribution >= 4 is 21.6 Å². The molecule has 84 valence electrons. The first-order valence-electron chi connectivity index (χ1n) is 5.12. The first-order valence-corrected chi connectivity index (χ1v) is 5.92. The number of anilines is 1. The normalized spacial score (nSPS) is 10.4. The van der Waals surface area contributed by atoms with Crippen molar-refractivity contribution < 1.29 is 0 Å². The summed E-state index contributed by atoms with van der Waals surface area (Å²) in [5.74, 6) is 0. The van der Waals surface area contributed by atoms with Crippen LogP contribution < -0.4 is 5.32 Å². The fraction of sp³-hybridized carbons (Fsp3) is 0.250. The van der Waals surface area contributed by atoms with E-state index in [0.717, 1.165) is 16.7 Å². The van der Waals surface area contributed by atoms with Gasteiger partial charge in [-0.25, -0.2) is 4.98 Å². The van der Waals surface area contributed by atoms with Crippen LogP contribution in [0, 0.1) is 6.92 Å². The molecule has 1 aromatic carbocycles. The highest BCUT2D eigenvalue weighted by Gasteiger charge is 2.02. The van der Waals surface area contributed by atoms with E-state index in [4.69, 9.17) is 0 Å². The minimum Gasteiger partial charge on any atom is -0.379 e. The summed E-state index contributed by atoms with van der Waals surface area (Å²) in [6, 6.07) is 6.16. The summed E-state index contributed by atoms with van der Waals surface area (Å²) < 4.78 is 3.14. The summed E-state index contributed by atoms with van der Waals surface area (Å²) in [5, 5.41) is 3.41. The van der Waals surface area contributed by atoms with Gasteiger partial charge < -0.3 is 9.88 Å². The van der Waals surface area contributed by atoms with Gasteiger partial charge in [-0.2, -0.15) is 0 Å². The smallest absolute Gasteiger partial charge is 0.0946 e. The molecule has 0 radical (unpaired) electrons. The van der Waals surface area contributed by atoms with Crippen molar-refractivity contribution in [3.63, 3.8) is 0 Å². The van der Waals surface area contributed by atoms with Crippen LogP contribution in [0.15, 0.2) is 35.2 Å². The van der Waals surface area contributed by atoms with Crippen LogP contribution in [-0.4, -0.2) is 9.55 Å². The predicted molar refractivity (Wildman–Crippen MR) is 69.4 cm³/mol. The minimum absolute atomic E-state index is 0.786. The number of nitrogens with one attached hydrogen (secondary N) is 1. The summed E-state index contributed by atoms with van der Waals surface area (Å²) in [4.78, 5) is 4.09. The SMILES string of the molecule is Cc1c(Br)cccc1NCc1cncn1C. The van der Waals surface area contributed by atoms with E-state index >= 15 is 0 Å². The lowest BCUT2D eigenvalue weighted by atomic mass is 10.2. The molecule has 2 rings (SSSR count). The average Bonchev–Trinajstić information content (AvgIpc) is 2.67. The number of aromatic nitrogens is 2. The van der Waals surface area contributed by atoms with Crippen molar-refractivity contribution in [1.29, 1.82) is 0 Å². The number of aryl methyl sites for hydroxylation is 1. The van der Waals surface area contributed by atoms with E-state index in [1.54, 1.807) is 0 Å². The maximum atomic E-state index is 4.09. The second-order valence-corrected chi connectivity index (χ2v) is 4.62. The zero-order valence-electron chi connectivity index (χ0n) is 9.37. The molecule has 0 amide bonds. The predicted octanol–water partition coefficient (Wildman–Crippen LogP) is 3.10. The first-order chi connectivity index (χ1) is 7.68. The van der Waals surface area contributed by atoms with E-state index in [2.05, 4.69) is 39.2 Å². The Hall–Kier alpha value is -1.29. The topological polar surface area (TPSA) is 29.9 Å². The van der Waals surface area contributed by atoms with Crippen molar-refractivity contribution in [2.75, 3.05) is 5.32 Å². The fourth-order valence-electron chi connectivity index (χ4n) is 1.54. The number of benzene rings is 1. The molecule has 3 nitrogen and oxygen atoms in total. The molecule has 1 N–H and O–H groups in total. The fourth-order valence-corrected chi connectivity index (χ4v) is 1.91. The lowest BCUT2D eigenvalue weighted by molar-refractivity contribution is 0.837. The standard InChI is InChI=1S/C12H14BrN3/c1-9-11(13)4-3-5-12(9)15-7-10-6-14-8-16(10)2/h3-6,8,15H,7H2,1-2H3. The molecule has 0 fully saturated rings. The van der Waals surface area contributed by atoms with Crippen LogP contribution in [0.25, 0.3) is 0 Å². The van der Waals surface area contributed by atoms with Gasteiger partial charge in [0.05, 0.1) is 18.6 Å². The van der Waals surface area contributed by atoms with E-state index in [9.17, 15) is 0 Å². The van der Waals surface area contributed by atoms with Gasteiger partial charge in [0.1, 0.15) is 0 Å². The molecule has 0 aliphatic rings. The molecule has 0 aliphatic carbocycles. The molecule has 16 heavy (non-hydrogen) atoms. The molecule has 0 unspecified atom stereocenters. The summed E-state index contributed by atoms with van der Waals surface area (Å²) in [5.41, 5.74) is 3.54. The molecular weight excluding hydrogens is 266 g/mol. The zero-order chi connectivity index (χ0) is 11.5. The van der Waals surface area contributed by atoms with Crippen LogP contribution in [0.1, 0.15) is 11.3 Å². The lowest BCUT2D eigenvalue weighted by Crippen LogP contribution is -2.05. The maximum absolute atomic E-state index is 4.09. The Balaban J connectivity index is 2.11. The van der Waals surface area contributed by atoms with Crippen molar-refractivity contribution in [3.05, 3.63) is 46.5 Å². The van der Waals surface area contributed by atoms with Gasteiger partial charge in [0.2, 0.25) is 0 Å². The van der Waals surface area contributed by atoms with E-state index in [1.165, 1.54) is 11.3 Å². The Labute approximate surface area is 104 Å². The van der Waals surface area contributed by atoms with E-state index in [0.29, 0.717) is 0 Å². The molecule has 1 heterocycles. The van der Waals surface area contributed by atoms with Crippen LogP contribution >= 0.6 is 15.9 Å². The van der Waals surface area contributed by atoms with Gasteiger partial charge in [-0.15, -0.1) is 0 Å². The van der Waals surface area contributed by atoms with Crippen molar-refractivity contribution in [1.82, 2.24) is 9.55 Å². The molecule has 0 saturated carbocycles. The number of hydrogen-bond acceptors (Lipinski definition) is 2. The molecule has 1 aromatic heterocycles. The summed E-state index contributed by atoms with van der Waals surface area (Å²) in [6.07, 6.45) is 3.69. The maximum Gasteiger partial charge on any atom is 0.0946 e. The Morgan fingerprint density at radius 2 is 2.25 bits per heavy atom. The molecule has 0 spiro atoms. The Morgan fingerprint density at radius 1 is 1.44 bits per heavy atom. The number of hydrogen-bond donors (Lipinski definition) is 1. The van der Waals surface area contributed by atoms with Gasteiger partial charge in [0.15, 0.2) is 0 Å². The Kier molecular flexibility index (Phi) is 3.29. The third-order valence-corrected chi connectivity index (χ3v) is 3.50. The second kappa shape index (κ2) is 4.70. The highest BCUT2D eigenvalue weighted by molar-refractivity contribution is 9.10. The van der Waals surface area contributed by atoms with Crippen molar-refractivity contribution in [2.24, 2.45) is 7.05 Å². The second-order valence-electron chi connectivity index (χ2n) is 3.76. The highest BCUT2D eigenvalue weighted by atomic mass is 79.9. The highest BCUT2D eigenvalue weighted by Crippen LogP contribution is 2.23. The summed E-state index contributed by atoms with van der Waals surface area (Å²) >= 11 is 3.52. The lowest BCUT2D eigenvalue weighted by Gasteiger charge is -2.10. The number of nitrogens with zero attached hydrogens (tertiary/aromatic N) is 2. The van der Waals surface area contributed by atoms with Gasteiger partial charge in [-0.3, -0.25) is 0 Å². The van der Waals surface area contributed by atoms with Crippen molar-refractivity contribution in [2.45, 2.75) is 13.5 Å². The van der Waals surface area contributed by atoms with E-state index in [1.807, 2.05) is 36.3 Å². The molecule has 0 bridgehead atoms. The van der Waals surface area contributed by atoms with Gasteiger partial charge in [0, 0.05) is 23.4 Å². The van der Waals surface area contributed by atoms with Crippen LogP contribution in [0.5, 0.6) is 0 Å². The van der Waals surface area contributed by atoms with Gasteiger partial charge in [-0.05, 0) is 24.6 Å². The number of imidazole rings is 1. The first kappa shape index (κ1) is 11.2. The van der Waals surface area contributed by atoms with Crippen LogP contribution in [0.3, 0.4) is 0 Å². The quantitative estimate of drug-likeness (QED) is 0.936. The van der Waals surface area contributed by atoms with Crippen LogP contribution in [-0.2, 0) is 13.6 Å². The van der Waals surface area contributed by atoms with Gasteiger partial charge in [0.25, 0.3) is 0 Å². The molecular formula is C12H14BrN3. The summed E-state index contributed by atoms with van der Waals surface area (Å²) in [6.45, 7) is 2.88.